The van der Waals surface area contributed by atoms with E-state index in [9.17, 15) is 29.7 Å². The number of aliphatic hydroxyl groups excluding tert-OH is 2. The Hall–Kier alpha value is -3.07. The molecule has 1 aromatic carbocycles. The van der Waals surface area contributed by atoms with E-state index in [0.29, 0.717) is 18.4 Å². The van der Waals surface area contributed by atoms with Crippen LogP contribution in [0.15, 0.2) is 54.3 Å². The van der Waals surface area contributed by atoms with Gasteiger partial charge in [-0.05, 0) is 62.1 Å². The molecular formula is C32H40N2O6. The van der Waals surface area contributed by atoms with Crippen molar-refractivity contribution in [1.29, 1.82) is 0 Å². The highest BCUT2D eigenvalue weighted by molar-refractivity contribution is 6.09. The summed E-state index contributed by atoms with van der Waals surface area (Å²) < 4.78 is 0. The van der Waals surface area contributed by atoms with E-state index in [0.717, 1.165) is 16.5 Å². The molecule has 40 heavy (non-hydrogen) atoms. The van der Waals surface area contributed by atoms with Crippen LogP contribution in [0.1, 0.15) is 52.5 Å². The predicted molar refractivity (Wildman–Crippen MR) is 151 cm³/mol. The number of hydrogen-bond donors (Lipinski definition) is 5. The summed E-state index contributed by atoms with van der Waals surface area (Å²) in [7, 11) is 0. The summed E-state index contributed by atoms with van der Waals surface area (Å²) in [6.07, 6.45) is 5.12. The number of hydrogen-bond acceptors (Lipinski definition) is 6. The Labute approximate surface area is 234 Å². The zero-order chi connectivity index (χ0) is 29.0. The van der Waals surface area contributed by atoms with E-state index in [1.54, 1.807) is 32.9 Å². The summed E-state index contributed by atoms with van der Waals surface area (Å²) in [6.45, 7) is 6.96. The number of fused-ring (bicyclic) bond motifs is 1. The van der Waals surface area contributed by atoms with E-state index in [1.807, 2.05) is 43.5 Å². The first kappa shape index (κ1) is 28.5. The molecule has 0 radical (unpaired) electrons. The van der Waals surface area contributed by atoms with Gasteiger partial charge in [0.25, 0.3) is 0 Å². The molecule has 214 valence electrons. The van der Waals surface area contributed by atoms with Gasteiger partial charge in [0.1, 0.15) is 17.3 Å². The molecule has 8 heteroatoms. The van der Waals surface area contributed by atoms with Gasteiger partial charge in [-0.25, -0.2) is 0 Å². The predicted octanol–water partition coefficient (Wildman–Crippen LogP) is 3.01. The van der Waals surface area contributed by atoms with Crippen LogP contribution in [0.4, 0.5) is 0 Å². The zero-order valence-electron chi connectivity index (χ0n) is 23.6. The molecule has 1 aliphatic heterocycles. The van der Waals surface area contributed by atoms with Crippen molar-refractivity contribution in [3.63, 3.8) is 0 Å². The number of para-hydroxylation sites is 1. The number of ketones is 2. The van der Waals surface area contributed by atoms with E-state index in [4.69, 9.17) is 0 Å². The number of aromatic amines is 1. The number of carbonyl (C=O) groups is 3. The Morgan fingerprint density at radius 1 is 1.10 bits per heavy atom. The fraction of sp³-hybridized carbons (Fsp3) is 0.531. The Morgan fingerprint density at radius 2 is 1.82 bits per heavy atom. The molecule has 1 saturated carbocycles. The highest BCUT2D eigenvalue weighted by atomic mass is 16.3. The van der Waals surface area contributed by atoms with Crippen LogP contribution in [0, 0.1) is 29.1 Å². The van der Waals surface area contributed by atoms with Gasteiger partial charge in [-0.1, -0.05) is 50.3 Å². The van der Waals surface area contributed by atoms with Gasteiger partial charge in [0, 0.05) is 41.4 Å². The summed E-state index contributed by atoms with van der Waals surface area (Å²) in [5.74, 6) is -3.60. The second-order valence-electron chi connectivity index (χ2n) is 12.4. The topological polar surface area (TPSA) is 140 Å². The lowest BCUT2D eigenvalue weighted by atomic mass is 9.49. The summed E-state index contributed by atoms with van der Waals surface area (Å²) in [6, 6.07) is 7.38. The third-order valence-corrected chi connectivity index (χ3v) is 9.87. The second kappa shape index (κ2) is 10.4. The van der Waals surface area contributed by atoms with Gasteiger partial charge < -0.3 is 25.6 Å². The number of rotatable bonds is 2. The Balaban J connectivity index is 1.62. The van der Waals surface area contributed by atoms with Crippen LogP contribution >= 0.6 is 0 Å². The molecule has 2 heterocycles. The number of amides is 1. The summed E-state index contributed by atoms with van der Waals surface area (Å²) in [5.41, 5.74) is -0.846. The van der Waals surface area contributed by atoms with Crippen LogP contribution in [0.3, 0.4) is 0 Å². The maximum Gasteiger partial charge on any atom is 0.235 e. The molecular weight excluding hydrogens is 508 g/mol. The van der Waals surface area contributed by atoms with E-state index in [-0.39, 0.29) is 18.8 Å². The van der Waals surface area contributed by atoms with Crippen LogP contribution in [-0.2, 0) is 20.8 Å². The molecule has 2 aromatic rings. The second-order valence-corrected chi connectivity index (χ2v) is 12.4. The van der Waals surface area contributed by atoms with Gasteiger partial charge in [-0.3, -0.25) is 14.4 Å². The molecule has 8 nitrogen and oxygen atoms in total. The number of aliphatic hydroxyl groups is 3. The van der Waals surface area contributed by atoms with E-state index in [2.05, 4.69) is 10.3 Å². The standard InChI is InChI=1S/C32H40N2O6/c1-17-8-7-10-22-29(38)31(4,40)19(3)27-24(15-20-16-33-23-11-6-5-9-21(20)23)34-30(39)32(22,27)26(36)13-12-25(35)28(37)18(2)14-17/h5-7,9-11,14,16-17,19,22,24-25,27,29,33,35,38,40H,8,12-13,15H2,1-4H3,(H,34,39)/b10-7-,18-14-/t17-,19-,22-,24-,25+,27-,29-,31+,32+/m0/s1. The van der Waals surface area contributed by atoms with Gasteiger partial charge in [0.15, 0.2) is 5.78 Å². The molecule has 1 spiro atoms. The summed E-state index contributed by atoms with van der Waals surface area (Å²) in [4.78, 5) is 44.5. The lowest BCUT2D eigenvalue weighted by molar-refractivity contribution is -0.199. The van der Waals surface area contributed by atoms with Crippen molar-refractivity contribution in [2.75, 3.05) is 0 Å². The fourth-order valence-electron chi connectivity index (χ4n) is 7.56. The van der Waals surface area contributed by atoms with Crippen LogP contribution < -0.4 is 5.32 Å². The minimum absolute atomic E-state index is 0.0530. The minimum atomic E-state index is -1.66. The molecule has 2 fully saturated rings. The van der Waals surface area contributed by atoms with Crippen LogP contribution in [0.5, 0.6) is 0 Å². The lowest BCUT2D eigenvalue weighted by Crippen LogP contribution is -2.67. The molecule has 5 rings (SSSR count). The van der Waals surface area contributed by atoms with Gasteiger partial charge in [-0.2, -0.15) is 0 Å². The van der Waals surface area contributed by atoms with Crippen LogP contribution in [0.25, 0.3) is 10.9 Å². The Bertz CT molecular complexity index is 1390. The molecule has 1 saturated heterocycles. The SMILES string of the molecule is C/C1=C/[C@@H](C)C/C=C\[C@H]2[C@H](O)[C@](C)(O)[C@@H](C)[C@H]3[C@H](Cc4c[nH]c5ccccc45)NC(=O)[C@]32C(=O)CC[C@@H](O)C1=O. The van der Waals surface area contributed by atoms with E-state index in [1.165, 1.54) is 0 Å². The highest BCUT2D eigenvalue weighted by Gasteiger charge is 2.71. The lowest BCUT2D eigenvalue weighted by Gasteiger charge is -2.55. The largest absolute Gasteiger partial charge is 0.389 e. The van der Waals surface area contributed by atoms with E-state index >= 15 is 0 Å². The number of benzene rings is 1. The summed E-state index contributed by atoms with van der Waals surface area (Å²) in [5, 5.41) is 38.0. The average molecular weight is 549 g/mol. The fourth-order valence-corrected chi connectivity index (χ4v) is 7.56. The van der Waals surface area contributed by atoms with Crippen molar-refractivity contribution >= 4 is 28.4 Å². The third kappa shape index (κ3) is 4.37. The van der Waals surface area contributed by atoms with Crippen molar-refractivity contribution < 1.29 is 29.7 Å². The molecule has 0 unspecified atom stereocenters. The molecule has 0 bridgehead atoms. The van der Waals surface area contributed by atoms with Crippen molar-refractivity contribution in [3.8, 4) is 0 Å². The van der Waals surface area contributed by atoms with Crippen LogP contribution in [-0.4, -0.2) is 61.6 Å². The average Bonchev–Trinajstić information content (AvgIpc) is 3.45. The van der Waals surface area contributed by atoms with Gasteiger partial charge in [-0.15, -0.1) is 0 Å². The Morgan fingerprint density at radius 3 is 2.58 bits per heavy atom. The van der Waals surface area contributed by atoms with Crippen molar-refractivity contribution in [2.24, 2.45) is 29.1 Å². The van der Waals surface area contributed by atoms with Crippen molar-refractivity contribution in [1.82, 2.24) is 10.3 Å². The summed E-state index contributed by atoms with van der Waals surface area (Å²) >= 11 is 0. The van der Waals surface area contributed by atoms with Gasteiger partial charge >= 0.3 is 0 Å². The number of nitrogens with one attached hydrogen (secondary N) is 2. The first-order valence-corrected chi connectivity index (χ1v) is 14.3. The van der Waals surface area contributed by atoms with Gasteiger partial charge in [0.05, 0.1) is 11.7 Å². The maximum absolute atomic E-state index is 14.3. The van der Waals surface area contributed by atoms with Crippen molar-refractivity contribution in [2.45, 2.75) is 77.2 Å². The maximum atomic E-state index is 14.3. The molecule has 1 aromatic heterocycles. The normalized spacial score (nSPS) is 41.1. The molecule has 5 N–H and O–H groups in total. The first-order chi connectivity index (χ1) is 18.9. The molecule has 2 aliphatic carbocycles. The smallest absolute Gasteiger partial charge is 0.235 e. The quantitative estimate of drug-likeness (QED) is 0.289. The van der Waals surface area contributed by atoms with Crippen LogP contribution in [0.2, 0.25) is 0 Å². The van der Waals surface area contributed by atoms with E-state index < -0.39 is 64.5 Å². The third-order valence-electron chi connectivity index (χ3n) is 9.87. The molecule has 1 amide bonds. The monoisotopic (exact) mass is 548 g/mol. The minimum Gasteiger partial charge on any atom is -0.389 e. The number of Topliss-reactive ketones (excluding diaryl/α,β-unsaturated/α-hetero) is 2. The Kier molecular flexibility index (Phi) is 7.40. The zero-order valence-corrected chi connectivity index (χ0v) is 23.6. The first-order valence-electron chi connectivity index (χ1n) is 14.3. The number of aromatic nitrogens is 1. The molecule has 3 aliphatic rings. The highest BCUT2D eigenvalue weighted by Crippen LogP contribution is 2.58. The van der Waals surface area contributed by atoms with Crippen molar-refractivity contribution in [3.05, 3.63) is 59.8 Å². The number of carbonyl (C=O) groups excluding carboxylic acids is 3. The molecule has 9 atom stereocenters. The number of allylic oxidation sites excluding steroid dienone is 2. The number of H-pyrrole nitrogens is 1. The van der Waals surface area contributed by atoms with Gasteiger partial charge in [0.2, 0.25) is 5.91 Å².